The second-order valence-corrected chi connectivity index (χ2v) is 8.61. The first kappa shape index (κ1) is 17.6. The first-order valence-electron chi connectivity index (χ1n) is 10.1. The highest BCUT2D eigenvalue weighted by molar-refractivity contribution is 6.08. The summed E-state index contributed by atoms with van der Waals surface area (Å²) in [6, 6.07) is 6.22. The summed E-state index contributed by atoms with van der Waals surface area (Å²) in [7, 11) is 0. The van der Waals surface area contributed by atoms with E-state index >= 15 is 0 Å². The van der Waals surface area contributed by atoms with Crippen LogP contribution in [-0.2, 0) is 19.9 Å². The lowest BCUT2D eigenvalue weighted by atomic mass is 9.85. The number of carbonyl (C=O) groups excluding carboxylic acids is 3. The molecule has 4 aliphatic rings. The summed E-state index contributed by atoms with van der Waals surface area (Å²) in [6.45, 7) is -0.229. The van der Waals surface area contributed by atoms with E-state index in [9.17, 15) is 18.8 Å². The van der Waals surface area contributed by atoms with Crippen molar-refractivity contribution in [3.8, 4) is 0 Å². The van der Waals surface area contributed by atoms with E-state index in [1.165, 1.54) is 12.1 Å². The number of hydrogen-bond acceptors (Lipinski definition) is 3. The number of imide groups is 1. The molecule has 6 heteroatoms. The van der Waals surface area contributed by atoms with Crippen LogP contribution in [0.1, 0.15) is 37.7 Å². The van der Waals surface area contributed by atoms with E-state index in [1.54, 1.807) is 12.1 Å². The highest BCUT2D eigenvalue weighted by atomic mass is 19.1. The van der Waals surface area contributed by atoms with Crippen molar-refractivity contribution < 1.29 is 18.8 Å². The van der Waals surface area contributed by atoms with Gasteiger partial charge in [0.15, 0.2) is 0 Å². The number of likely N-dealkylation sites (tertiary alicyclic amines) is 1. The van der Waals surface area contributed by atoms with Gasteiger partial charge in [0.2, 0.25) is 17.7 Å². The summed E-state index contributed by atoms with van der Waals surface area (Å²) in [5.74, 6) is -1.34. The molecule has 1 aromatic rings. The molecule has 2 saturated carbocycles. The van der Waals surface area contributed by atoms with Crippen LogP contribution in [0.2, 0.25) is 0 Å². The molecule has 1 saturated heterocycles. The van der Waals surface area contributed by atoms with E-state index in [0.29, 0.717) is 0 Å². The number of fused-ring (bicyclic) bond motifs is 5. The predicted molar refractivity (Wildman–Crippen MR) is 99.1 cm³/mol. The van der Waals surface area contributed by atoms with Crippen LogP contribution in [0.15, 0.2) is 36.4 Å². The minimum Gasteiger partial charge on any atom is -0.345 e. The Hall–Kier alpha value is -2.50. The largest absolute Gasteiger partial charge is 0.345 e. The van der Waals surface area contributed by atoms with E-state index in [0.717, 1.165) is 42.6 Å². The number of nitrogens with zero attached hydrogens (tertiary/aromatic N) is 1. The van der Waals surface area contributed by atoms with Crippen LogP contribution >= 0.6 is 0 Å². The van der Waals surface area contributed by atoms with Crippen molar-refractivity contribution in [1.29, 1.82) is 0 Å². The summed E-state index contributed by atoms with van der Waals surface area (Å²) in [5, 5.41) is 3.08. The Balaban J connectivity index is 1.32. The Kier molecular flexibility index (Phi) is 3.93. The zero-order valence-corrected chi connectivity index (χ0v) is 15.6. The number of benzene rings is 1. The SMILES string of the molecule is O=C(CN1C(=O)C2C3C=CC(C3)C2C1=O)NC1(c2ccc(F)cc2)CCCC1. The lowest BCUT2D eigenvalue weighted by Crippen LogP contribution is -2.49. The van der Waals surface area contributed by atoms with Crippen molar-refractivity contribution in [2.75, 3.05) is 6.54 Å². The number of rotatable bonds is 4. The molecule has 0 radical (unpaired) electrons. The predicted octanol–water partition coefficient (Wildman–Crippen LogP) is 2.52. The molecule has 5 rings (SSSR count). The minimum absolute atomic E-state index is 0.139. The highest BCUT2D eigenvalue weighted by Crippen LogP contribution is 2.52. The number of carbonyl (C=O) groups is 3. The molecular formula is C22H23FN2O3. The summed E-state index contributed by atoms with van der Waals surface area (Å²) in [5.41, 5.74) is 0.325. The third-order valence-corrected chi connectivity index (χ3v) is 7.10. The molecule has 146 valence electrons. The fourth-order valence-corrected chi connectivity index (χ4v) is 5.80. The molecule has 3 amide bonds. The molecular weight excluding hydrogens is 359 g/mol. The van der Waals surface area contributed by atoms with E-state index in [-0.39, 0.29) is 53.8 Å². The molecule has 4 atom stereocenters. The molecule has 3 aliphatic carbocycles. The van der Waals surface area contributed by atoms with Crippen molar-refractivity contribution in [2.24, 2.45) is 23.7 Å². The smallest absolute Gasteiger partial charge is 0.240 e. The molecule has 1 heterocycles. The topological polar surface area (TPSA) is 66.5 Å². The summed E-state index contributed by atoms with van der Waals surface area (Å²) >= 11 is 0. The van der Waals surface area contributed by atoms with Gasteiger partial charge in [0.25, 0.3) is 0 Å². The molecule has 0 spiro atoms. The number of halogens is 1. The van der Waals surface area contributed by atoms with Crippen LogP contribution in [0.4, 0.5) is 4.39 Å². The van der Waals surface area contributed by atoms with Gasteiger partial charge in [0, 0.05) is 0 Å². The van der Waals surface area contributed by atoms with Gasteiger partial charge in [-0.15, -0.1) is 0 Å². The molecule has 2 bridgehead atoms. The lowest BCUT2D eigenvalue weighted by molar-refractivity contribution is -0.144. The average Bonchev–Trinajstić information content (AvgIpc) is 3.44. The van der Waals surface area contributed by atoms with Gasteiger partial charge in [0.05, 0.1) is 17.4 Å². The molecule has 3 fully saturated rings. The van der Waals surface area contributed by atoms with Crippen LogP contribution in [0.3, 0.4) is 0 Å². The summed E-state index contributed by atoms with van der Waals surface area (Å²) < 4.78 is 13.3. The fourth-order valence-electron chi connectivity index (χ4n) is 5.80. The zero-order valence-electron chi connectivity index (χ0n) is 15.6. The van der Waals surface area contributed by atoms with Gasteiger partial charge >= 0.3 is 0 Å². The zero-order chi connectivity index (χ0) is 19.5. The van der Waals surface area contributed by atoms with Gasteiger partial charge < -0.3 is 5.32 Å². The second kappa shape index (κ2) is 6.26. The third-order valence-electron chi connectivity index (χ3n) is 7.10. The number of amides is 3. The Morgan fingerprint density at radius 2 is 1.61 bits per heavy atom. The summed E-state index contributed by atoms with van der Waals surface area (Å²) in [6.07, 6.45) is 8.44. The third kappa shape index (κ3) is 2.54. The lowest BCUT2D eigenvalue weighted by Gasteiger charge is -2.32. The first-order valence-corrected chi connectivity index (χ1v) is 10.1. The van der Waals surface area contributed by atoms with E-state index < -0.39 is 5.54 Å². The molecule has 1 N–H and O–H groups in total. The monoisotopic (exact) mass is 382 g/mol. The fraction of sp³-hybridized carbons (Fsp3) is 0.500. The van der Waals surface area contributed by atoms with Crippen molar-refractivity contribution in [2.45, 2.75) is 37.6 Å². The quantitative estimate of drug-likeness (QED) is 0.643. The molecule has 1 aliphatic heterocycles. The van der Waals surface area contributed by atoms with Crippen molar-refractivity contribution >= 4 is 17.7 Å². The van der Waals surface area contributed by atoms with Crippen LogP contribution in [0.5, 0.6) is 0 Å². The number of hydrogen-bond donors (Lipinski definition) is 1. The standard InChI is InChI=1S/C22H23FN2O3/c23-16-7-5-15(6-8-16)22(9-1-2-10-22)24-17(26)12-25-20(27)18-13-3-4-14(11-13)19(18)21(25)28/h3-8,13-14,18-19H,1-2,9-12H2,(H,24,26). The summed E-state index contributed by atoms with van der Waals surface area (Å²) in [4.78, 5) is 39.6. The van der Waals surface area contributed by atoms with Gasteiger partial charge in [-0.3, -0.25) is 19.3 Å². The minimum atomic E-state index is -0.549. The van der Waals surface area contributed by atoms with Crippen molar-refractivity contribution in [1.82, 2.24) is 10.2 Å². The van der Waals surface area contributed by atoms with Crippen LogP contribution in [0, 0.1) is 29.5 Å². The molecule has 4 unspecified atom stereocenters. The first-order chi connectivity index (χ1) is 13.5. The Morgan fingerprint density at radius 3 is 2.18 bits per heavy atom. The number of nitrogens with one attached hydrogen (secondary N) is 1. The molecule has 0 aromatic heterocycles. The maximum atomic E-state index is 13.3. The van der Waals surface area contributed by atoms with Gasteiger partial charge in [0.1, 0.15) is 12.4 Å². The Bertz CT molecular complexity index is 842. The van der Waals surface area contributed by atoms with Crippen molar-refractivity contribution in [3.63, 3.8) is 0 Å². The maximum absolute atomic E-state index is 13.3. The van der Waals surface area contributed by atoms with E-state index in [1.807, 2.05) is 12.2 Å². The van der Waals surface area contributed by atoms with Crippen molar-refractivity contribution in [3.05, 3.63) is 47.8 Å². The van der Waals surface area contributed by atoms with E-state index in [4.69, 9.17) is 0 Å². The van der Waals surface area contributed by atoms with Crippen LogP contribution < -0.4 is 5.32 Å². The number of allylic oxidation sites excluding steroid dienone is 2. The van der Waals surface area contributed by atoms with E-state index in [2.05, 4.69) is 5.32 Å². The van der Waals surface area contributed by atoms with Gasteiger partial charge in [-0.25, -0.2) is 4.39 Å². The Morgan fingerprint density at radius 1 is 1.04 bits per heavy atom. The molecule has 5 nitrogen and oxygen atoms in total. The second-order valence-electron chi connectivity index (χ2n) is 8.61. The van der Waals surface area contributed by atoms with Gasteiger partial charge in [-0.05, 0) is 48.8 Å². The molecule has 28 heavy (non-hydrogen) atoms. The van der Waals surface area contributed by atoms with Crippen LogP contribution in [0.25, 0.3) is 0 Å². The highest BCUT2D eigenvalue weighted by Gasteiger charge is 2.59. The normalized spacial score (nSPS) is 32.2. The Labute approximate surface area is 163 Å². The molecule has 1 aromatic carbocycles. The van der Waals surface area contributed by atoms with Gasteiger partial charge in [-0.2, -0.15) is 0 Å². The van der Waals surface area contributed by atoms with Crippen LogP contribution in [-0.4, -0.2) is 29.2 Å². The average molecular weight is 382 g/mol. The van der Waals surface area contributed by atoms with Gasteiger partial charge in [-0.1, -0.05) is 37.1 Å². The maximum Gasteiger partial charge on any atom is 0.240 e.